The van der Waals surface area contributed by atoms with Gasteiger partial charge in [0, 0.05) is 18.3 Å². The van der Waals surface area contributed by atoms with Crippen LogP contribution in [-0.2, 0) is 29.3 Å². The van der Waals surface area contributed by atoms with Gasteiger partial charge in [0.05, 0.1) is 17.0 Å². The Morgan fingerprint density at radius 1 is 1.06 bits per heavy atom. The van der Waals surface area contributed by atoms with Crippen molar-refractivity contribution in [3.05, 3.63) is 95.1 Å². The number of hydrogen-bond acceptors (Lipinski definition) is 4. The average molecular weight is 506 g/mol. The fraction of sp³-hybridized carbons (Fsp3) is 0.286. The first-order valence-electron chi connectivity index (χ1n) is 12.2. The third-order valence-corrected chi connectivity index (χ3v) is 7.72. The molecule has 0 fully saturated rings. The first kappa shape index (κ1) is 25.8. The lowest BCUT2D eigenvalue weighted by atomic mass is 9.86. The molecule has 0 saturated carbocycles. The number of amides is 2. The lowest BCUT2D eigenvalue weighted by molar-refractivity contribution is 0.121. The largest absolute Gasteiger partial charge is 0.391 e. The number of hydrogen-bond donors (Lipinski definition) is 3. The Kier molecular flexibility index (Phi) is 8.30. The Bertz CT molecular complexity index is 1320. The predicted octanol–water partition coefficient (Wildman–Crippen LogP) is 4.81. The van der Waals surface area contributed by atoms with E-state index in [1.165, 1.54) is 0 Å². The summed E-state index contributed by atoms with van der Waals surface area (Å²) >= 11 is 0. The summed E-state index contributed by atoms with van der Waals surface area (Å²) in [5.74, 6) is 0. The minimum atomic E-state index is -3.86. The minimum Gasteiger partial charge on any atom is -0.391 e. The van der Waals surface area contributed by atoms with E-state index in [1.54, 1.807) is 30.5 Å². The molecule has 2 amide bonds. The highest BCUT2D eigenvalue weighted by molar-refractivity contribution is 7.89. The SMILES string of the molecule is CCCc1ccc(S(=O)(=O)N[C@@H]2c3cc(NC(=O)N=CCc4ccccc4)ccc3CC[C@H]2O)cc1. The molecule has 4 rings (SSSR count). The van der Waals surface area contributed by atoms with Gasteiger partial charge in [-0.25, -0.2) is 22.9 Å². The fourth-order valence-electron chi connectivity index (χ4n) is 4.37. The van der Waals surface area contributed by atoms with Crippen LogP contribution in [0.5, 0.6) is 0 Å². The number of aryl methyl sites for hydroxylation is 2. The summed E-state index contributed by atoms with van der Waals surface area (Å²) < 4.78 is 28.9. The van der Waals surface area contributed by atoms with Crippen LogP contribution >= 0.6 is 0 Å². The third kappa shape index (κ3) is 6.46. The van der Waals surface area contributed by atoms with E-state index in [-0.39, 0.29) is 4.90 Å². The van der Waals surface area contributed by atoms with Gasteiger partial charge >= 0.3 is 6.03 Å². The van der Waals surface area contributed by atoms with Crippen LogP contribution in [0, 0.1) is 0 Å². The van der Waals surface area contributed by atoms with Gasteiger partial charge in [0.1, 0.15) is 0 Å². The van der Waals surface area contributed by atoms with E-state index < -0.39 is 28.2 Å². The van der Waals surface area contributed by atoms with Gasteiger partial charge in [-0.05, 0) is 65.8 Å². The Labute approximate surface area is 212 Å². The van der Waals surface area contributed by atoms with Crippen molar-refractivity contribution in [2.45, 2.75) is 56.1 Å². The summed E-state index contributed by atoms with van der Waals surface area (Å²) in [6.07, 6.45) is 4.11. The molecule has 188 valence electrons. The Morgan fingerprint density at radius 2 is 1.81 bits per heavy atom. The maximum atomic E-state index is 13.1. The molecule has 36 heavy (non-hydrogen) atoms. The number of nitrogens with zero attached hydrogens (tertiary/aromatic N) is 1. The lowest BCUT2D eigenvalue weighted by Crippen LogP contribution is -2.39. The van der Waals surface area contributed by atoms with Gasteiger partial charge in [-0.1, -0.05) is 61.9 Å². The van der Waals surface area contributed by atoms with E-state index in [4.69, 9.17) is 0 Å². The van der Waals surface area contributed by atoms with E-state index >= 15 is 0 Å². The maximum absolute atomic E-state index is 13.1. The van der Waals surface area contributed by atoms with E-state index in [0.29, 0.717) is 30.5 Å². The van der Waals surface area contributed by atoms with Crippen LogP contribution in [0.1, 0.15) is 48.1 Å². The van der Waals surface area contributed by atoms with Crippen molar-refractivity contribution < 1.29 is 18.3 Å². The number of rotatable bonds is 8. The van der Waals surface area contributed by atoms with Crippen molar-refractivity contribution in [2.75, 3.05) is 5.32 Å². The molecule has 7 nitrogen and oxygen atoms in total. The molecular formula is C28H31N3O4S. The molecule has 0 saturated heterocycles. The second-order valence-electron chi connectivity index (χ2n) is 8.94. The molecule has 0 heterocycles. The number of benzene rings is 3. The zero-order chi connectivity index (χ0) is 25.5. The molecule has 1 aliphatic rings. The summed E-state index contributed by atoms with van der Waals surface area (Å²) in [4.78, 5) is 16.4. The number of anilines is 1. The molecule has 1 aliphatic carbocycles. The molecule has 0 spiro atoms. The van der Waals surface area contributed by atoms with Crippen LogP contribution in [0.4, 0.5) is 10.5 Å². The van der Waals surface area contributed by atoms with E-state index in [9.17, 15) is 18.3 Å². The zero-order valence-corrected chi connectivity index (χ0v) is 21.0. The van der Waals surface area contributed by atoms with Crippen LogP contribution in [0.2, 0.25) is 0 Å². The smallest absolute Gasteiger partial charge is 0.345 e. The average Bonchev–Trinajstić information content (AvgIpc) is 2.87. The van der Waals surface area contributed by atoms with Crippen molar-refractivity contribution in [1.82, 2.24) is 4.72 Å². The quantitative estimate of drug-likeness (QED) is 0.382. The first-order chi connectivity index (χ1) is 17.4. The number of urea groups is 1. The van der Waals surface area contributed by atoms with E-state index in [2.05, 4.69) is 22.0 Å². The third-order valence-electron chi connectivity index (χ3n) is 6.26. The van der Waals surface area contributed by atoms with Gasteiger partial charge in [0.15, 0.2) is 0 Å². The second kappa shape index (κ2) is 11.6. The van der Waals surface area contributed by atoms with Gasteiger partial charge in [0.25, 0.3) is 0 Å². The number of carbonyl (C=O) groups excluding carboxylic acids is 1. The summed E-state index contributed by atoms with van der Waals surface area (Å²) in [6.45, 7) is 2.07. The second-order valence-corrected chi connectivity index (χ2v) is 10.7. The van der Waals surface area contributed by atoms with Gasteiger partial charge in [-0.15, -0.1) is 0 Å². The Balaban J connectivity index is 1.48. The first-order valence-corrected chi connectivity index (χ1v) is 13.6. The highest BCUT2D eigenvalue weighted by Crippen LogP contribution is 2.33. The lowest BCUT2D eigenvalue weighted by Gasteiger charge is -2.31. The minimum absolute atomic E-state index is 0.152. The Hall–Kier alpha value is -3.33. The van der Waals surface area contributed by atoms with Crippen molar-refractivity contribution >= 4 is 28.0 Å². The highest BCUT2D eigenvalue weighted by Gasteiger charge is 2.32. The topological polar surface area (TPSA) is 108 Å². The molecule has 3 aromatic rings. The van der Waals surface area contributed by atoms with Crippen LogP contribution in [0.25, 0.3) is 0 Å². The molecule has 2 atom stereocenters. The highest BCUT2D eigenvalue weighted by atomic mass is 32.2. The van der Waals surface area contributed by atoms with Crippen LogP contribution in [0.3, 0.4) is 0 Å². The molecule has 0 unspecified atom stereocenters. The van der Waals surface area contributed by atoms with Gasteiger partial charge in [-0.3, -0.25) is 0 Å². The molecule has 0 bridgehead atoms. The predicted molar refractivity (Wildman–Crippen MR) is 142 cm³/mol. The fourth-order valence-corrected chi connectivity index (χ4v) is 5.62. The van der Waals surface area contributed by atoms with E-state index in [1.807, 2.05) is 48.5 Å². The van der Waals surface area contributed by atoms with Gasteiger partial charge < -0.3 is 10.4 Å². The van der Waals surface area contributed by atoms with Crippen molar-refractivity contribution in [2.24, 2.45) is 4.99 Å². The number of nitrogens with one attached hydrogen (secondary N) is 2. The molecule has 0 radical (unpaired) electrons. The normalized spacial score (nSPS) is 17.6. The summed E-state index contributed by atoms with van der Waals surface area (Å²) in [6, 6.07) is 20.5. The molecule has 0 aliphatic heterocycles. The molecule has 3 N–H and O–H groups in total. The van der Waals surface area contributed by atoms with Crippen molar-refractivity contribution in [1.29, 1.82) is 0 Å². The number of aliphatic imine (C=N–C) groups is 1. The molecule has 0 aromatic heterocycles. The number of carbonyl (C=O) groups is 1. The summed E-state index contributed by atoms with van der Waals surface area (Å²) in [7, 11) is -3.86. The Morgan fingerprint density at radius 3 is 2.53 bits per heavy atom. The number of sulfonamides is 1. The summed E-state index contributed by atoms with van der Waals surface area (Å²) in [5, 5.41) is 13.4. The zero-order valence-electron chi connectivity index (χ0n) is 20.2. The van der Waals surface area contributed by atoms with Gasteiger partial charge in [-0.2, -0.15) is 0 Å². The van der Waals surface area contributed by atoms with Gasteiger partial charge in [0.2, 0.25) is 10.0 Å². The maximum Gasteiger partial charge on any atom is 0.345 e. The monoisotopic (exact) mass is 505 g/mol. The molecular weight excluding hydrogens is 474 g/mol. The van der Waals surface area contributed by atoms with Crippen molar-refractivity contribution in [3.63, 3.8) is 0 Å². The van der Waals surface area contributed by atoms with Crippen molar-refractivity contribution in [3.8, 4) is 0 Å². The number of fused-ring (bicyclic) bond motifs is 1. The standard InChI is InChI=1S/C28H31N3O4S/c1-2-6-20-9-14-24(15-10-20)36(34,35)31-27-25-19-23(13-11-22(25)12-16-26(27)32)30-28(33)29-18-17-21-7-4-3-5-8-21/h3-5,7-11,13-15,18-19,26-27,31-32H,2,6,12,16-17H2,1H3,(H,30,33)/t26-,27-/m1/s1. The molecule has 3 aromatic carbocycles. The van der Waals surface area contributed by atoms with E-state index in [0.717, 1.165) is 29.5 Å². The van der Waals surface area contributed by atoms with Crippen LogP contribution < -0.4 is 10.0 Å². The van der Waals surface area contributed by atoms with Crippen LogP contribution in [0.15, 0.2) is 82.7 Å². The number of aliphatic hydroxyl groups is 1. The number of aliphatic hydroxyl groups excluding tert-OH is 1. The summed E-state index contributed by atoms with van der Waals surface area (Å²) in [5.41, 5.74) is 4.18. The van der Waals surface area contributed by atoms with Crippen LogP contribution in [-0.4, -0.2) is 31.9 Å². The molecule has 8 heteroatoms.